The van der Waals surface area contributed by atoms with Crippen molar-refractivity contribution in [2.45, 2.75) is 33.1 Å². The standard InChI is InChI=1S/C25H31N5O2/c1-3-18-9-7-10-19(4-2)23(18)26-22(31)17-29-13-8-14-30(16-15-29)25(32)24-20-11-5-6-12-21(20)27-28-24/h5-7,9-12H,3-4,8,13-17H2,1-2H3,(H,26,31)(H,27,28). The van der Waals surface area contributed by atoms with Crippen LogP contribution < -0.4 is 5.32 Å². The SMILES string of the molecule is CCc1cccc(CC)c1NC(=O)CN1CCCN(C(=O)c2n[nH]c3ccccc23)CC1. The van der Waals surface area contributed by atoms with Crippen LogP contribution in [-0.2, 0) is 17.6 Å². The second-order valence-electron chi connectivity index (χ2n) is 8.25. The Bertz CT molecular complexity index is 1080. The van der Waals surface area contributed by atoms with Crippen LogP contribution in [0.1, 0.15) is 41.9 Å². The van der Waals surface area contributed by atoms with E-state index in [-0.39, 0.29) is 11.8 Å². The van der Waals surface area contributed by atoms with E-state index in [1.165, 1.54) is 0 Å². The van der Waals surface area contributed by atoms with Gasteiger partial charge in [0.2, 0.25) is 5.91 Å². The number of nitrogens with one attached hydrogen (secondary N) is 2. The number of aryl methyl sites for hydroxylation is 2. The largest absolute Gasteiger partial charge is 0.336 e. The van der Waals surface area contributed by atoms with Crippen molar-refractivity contribution in [3.8, 4) is 0 Å². The average Bonchev–Trinajstić information content (AvgIpc) is 3.11. The number of hydrogen-bond donors (Lipinski definition) is 2. The molecule has 3 aromatic rings. The van der Waals surface area contributed by atoms with E-state index in [4.69, 9.17) is 0 Å². The first-order valence-corrected chi connectivity index (χ1v) is 11.5. The van der Waals surface area contributed by atoms with Crippen LogP contribution >= 0.6 is 0 Å². The summed E-state index contributed by atoms with van der Waals surface area (Å²) in [5.41, 5.74) is 4.62. The number of para-hydroxylation sites is 2. The highest BCUT2D eigenvalue weighted by Gasteiger charge is 2.24. The van der Waals surface area contributed by atoms with Gasteiger partial charge < -0.3 is 10.2 Å². The summed E-state index contributed by atoms with van der Waals surface area (Å²) in [4.78, 5) is 29.9. The molecule has 7 nitrogen and oxygen atoms in total. The Labute approximate surface area is 188 Å². The van der Waals surface area contributed by atoms with Crippen LogP contribution in [0.5, 0.6) is 0 Å². The molecule has 4 rings (SSSR count). The summed E-state index contributed by atoms with van der Waals surface area (Å²) in [6, 6.07) is 13.9. The molecule has 0 atom stereocenters. The fraction of sp³-hybridized carbons (Fsp3) is 0.400. The Morgan fingerprint density at radius 3 is 2.47 bits per heavy atom. The minimum atomic E-state index is -0.0572. The van der Waals surface area contributed by atoms with E-state index < -0.39 is 0 Å². The summed E-state index contributed by atoms with van der Waals surface area (Å²) in [5.74, 6) is -0.0584. The van der Waals surface area contributed by atoms with Crippen molar-refractivity contribution in [3.63, 3.8) is 0 Å². The number of hydrogen-bond acceptors (Lipinski definition) is 4. The lowest BCUT2D eigenvalue weighted by atomic mass is 10.0. The van der Waals surface area contributed by atoms with Crippen molar-refractivity contribution in [1.29, 1.82) is 0 Å². The molecule has 1 aliphatic heterocycles. The molecule has 0 unspecified atom stereocenters. The molecule has 0 saturated carbocycles. The molecule has 7 heteroatoms. The van der Waals surface area contributed by atoms with Crippen molar-refractivity contribution in [3.05, 3.63) is 59.3 Å². The van der Waals surface area contributed by atoms with Crippen molar-refractivity contribution < 1.29 is 9.59 Å². The van der Waals surface area contributed by atoms with Gasteiger partial charge in [-0.05, 0) is 36.5 Å². The molecule has 0 radical (unpaired) electrons. The van der Waals surface area contributed by atoms with Crippen LogP contribution in [0.15, 0.2) is 42.5 Å². The molecule has 2 N–H and O–H groups in total. The van der Waals surface area contributed by atoms with Gasteiger partial charge in [0.25, 0.3) is 5.91 Å². The molecule has 1 aliphatic rings. The van der Waals surface area contributed by atoms with Crippen molar-refractivity contribution in [1.82, 2.24) is 20.0 Å². The van der Waals surface area contributed by atoms with Gasteiger partial charge in [-0.15, -0.1) is 0 Å². The van der Waals surface area contributed by atoms with E-state index in [1.807, 2.05) is 29.2 Å². The van der Waals surface area contributed by atoms with Crippen LogP contribution in [-0.4, -0.2) is 64.5 Å². The molecule has 1 saturated heterocycles. The fourth-order valence-electron chi connectivity index (χ4n) is 4.39. The molecule has 0 aliphatic carbocycles. The first-order valence-electron chi connectivity index (χ1n) is 11.5. The number of fused-ring (bicyclic) bond motifs is 1. The molecular weight excluding hydrogens is 402 g/mol. The molecule has 168 valence electrons. The lowest BCUT2D eigenvalue weighted by molar-refractivity contribution is -0.117. The summed E-state index contributed by atoms with van der Waals surface area (Å²) in [6.45, 7) is 7.23. The minimum Gasteiger partial charge on any atom is -0.336 e. The zero-order chi connectivity index (χ0) is 22.5. The van der Waals surface area contributed by atoms with Crippen LogP contribution in [0, 0.1) is 0 Å². The Kier molecular flexibility index (Phi) is 6.85. The normalized spacial score (nSPS) is 15.0. The molecule has 2 heterocycles. The summed E-state index contributed by atoms with van der Waals surface area (Å²) in [7, 11) is 0. The number of amides is 2. The minimum absolute atomic E-state index is 0.00123. The molecule has 32 heavy (non-hydrogen) atoms. The van der Waals surface area contributed by atoms with E-state index in [9.17, 15) is 9.59 Å². The van der Waals surface area contributed by atoms with Gasteiger partial charge in [0.1, 0.15) is 0 Å². The zero-order valence-electron chi connectivity index (χ0n) is 18.9. The van der Waals surface area contributed by atoms with E-state index in [2.05, 4.69) is 52.5 Å². The summed E-state index contributed by atoms with van der Waals surface area (Å²) in [5, 5.41) is 11.2. The van der Waals surface area contributed by atoms with Gasteiger partial charge in [-0.2, -0.15) is 5.10 Å². The quantitative estimate of drug-likeness (QED) is 0.624. The fourth-order valence-corrected chi connectivity index (χ4v) is 4.39. The molecule has 1 fully saturated rings. The van der Waals surface area contributed by atoms with Gasteiger partial charge in [-0.1, -0.05) is 50.2 Å². The van der Waals surface area contributed by atoms with E-state index >= 15 is 0 Å². The molecule has 1 aromatic heterocycles. The second kappa shape index (κ2) is 9.96. The zero-order valence-corrected chi connectivity index (χ0v) is 18.9. The van der Waals surface area contributed by atoms with Crippen LogP contribution in [0.4, 0.5) is 5.69 Å². The topological polar surface area (TPSA) is 81.3 Å². The number of carbonyl (C=O) groups excluding carboxylic acids is 2. The molecular formula is C25H31N5O2. The van der Waals surface area contributed by atoms with Gasteiger partial charge in [0.05, 0.1) is 12.1 Å². The number of carbonyl (C=O) groups is 2. The van der Waals surface area contributed by atoms with E-state index in [1.54, 1.807) is 0 Å². The summed E-state index contributed by atoms with van der Waals surface area (Å²) in [6.07, 6.45) is 2.59. The molecule has 0 spiro atoms. The Hall–Kier alpha value is -3.19. The van der Waals surface area contributed by atoms with Crippen molar-refractivity contribution in [2.75, 3.05) is 38.0 Å². The third kappa shape index (κ3) is 4.67. The van der Waals surface area contributed by atoms with E-state index in [0.29, 0.717) is 31.9 Å². The van der Waals surface area contributed by atoms with Crippen LogP contribution in [0.25, 0.3) is 10.9 Å². The van der Waals surface area contributed by atoms with Gasteiger partial charge in [0.15, 0.2) is 5.69 Å². The third-order valence-electron chi connectivity index (χ3n) is 6.18. The van der Waals surface area contributed by atoms with Crippen LogP contribution in [0.3, 0.4) is 0 Å². The highest BCUT2D eigenvalue weighted by molar-refractivity contribution is 6.04. The third-order valence-corrected chi connectivity index (χ3v) is 6.18. The predicted octanol–water partition coefficient (Wildman–Crippen LogP) is 3.47. The highest BCUT2D eigenvalue weighted by Crippen LogP contribution is 2.23. The first-order chi connectivity index (χ1) is 15.6. The lowest BCUT2D eigenvalue weighted by Gasteiger charge is -2.22. The molecule has 2 aromatic carbocycles. The molecule has 0 bridgehead atoms. The Morgan fingerprint density at radius 2 is 1.72 bits per heavy atom. The maximum Gasteiger partial charge on any atom is 0.275 e. The molecule has 2 amide bonds. The number of rotatable bonds is 6. The number of nitrogens with zero attached hydrogens (tertiary/aromatic N) is 3. The van der Waals surface area contributed by atoms with E-state index in [0.717, 1.165) is 53.5 Å². The van der Waals surface area contributed by atoms with Gasteiger partial charge in [-0.25, -0.2) is 0 Å². The van der Waals surface area contributed by atoms with Crippen molar-refractivity contribution >= 4 is 28.4 Å². The second-order valence-corrected chi connectivity index (χ2v) is 8.25. The monoisotopic (exact) mass is 433 g/mol. The number of aromatic nitrogens is 2. The Morgan fingerprint density at radius 1 is 0.969 bits per heavy atom. The number of H-pyrrole nitrogens is 1. The summed E-state index contributed by atoms with van der Waals surface area (Å²) >= 11 is 0. The first kappa shape index (κ1) is 22.0. The highest BCUT2D eigenvalue weighted by atomic mass is 16.2. The summed E-state index contributed by atoms with van der Waals surface area (Å²) < 4.78 is 0. The average molecular weight is 434 g/mol. The predicted molar refractivity (Wildman–Crippen MR) is 127 cm³/mol. The van der Waals surface area contributed by atoms with Gasteiger partial charge in [0, 0.05) is 37.3 Å². The van der Waals surface area contributed by atoms with Crippen LogP contribution in [0.2, 0.25) is 0 Å². The maximum atomic E-state index is 13.1. The number of benzene rings is 2. The van der Waals surface area contributed by atoms with Gasteiger partial charge in [-0.3, -0.25) is 19.6 Å². The number of anilines is 1. The number of aromatic amines is 1. The maximum absolute atomic E-state index is 13.1. The smallest absolute Gasteiger partial charge is 0.275 e. The lowest BCUT2D eigenvalue weighted by Crippen LogP contribution is -2.38. The van der Waals surface area contributed by atoms with Crippen molar-refractivity contribution in [2.24, 2.45) is 0 Å². The Balaban J connectivity index is 1.38. The van der Waals surface area contributed by atoms with Gasteiger partial charge >= 0.3 is 0 Å².